The van der Waals surface area contributed by atoms with Gasteiger partial charge in [0.1, 0.15) is 12.2 Å². The van der Waals surface area contributed by atoms with Crippen molar-refractivity contribution in [1.82, 2.24) is 5.16 Å². The molecule has 0 saturated heterocycles. The Morgan fingerprint density at radius 2 is 2.00 bits per heavy atom. The lowest BCUT2D eigenvalue weighted by molar-refractivity contribution is -0.145. The first-order chi connectivity index (χ1) is 13.3. The van der Waals surface area contributed by atoms with Crippen LogP contribution in [-0.4, -0.2) is 27.4 Å². The van der Waals surface area contributed by atoms with Gasteiger partial charge < -0.3 is 14.4 Å². The van der Waals surface area contributed by atoms with Gasteiger partial charge in [0, 0.05) is 11.3 Å². The second kappa shape index (κ2) is 6.41. The molecule has 4 rings (SSSR count). The highest BCUT2D eigenvalue weighted by Gasteiger charge is 2.67. The van der Waals surface area contributed by atoms with E-state index >= 15 is 0 Å². The number of nitrogens with zero attached hydrogens (tertiary/aromatic N) is 1. The lowest BCUT2D eigenvalue weighted by Crippen LogP contribution is -2.64. The van der Waals surface area contributed by atoms with Gasteiger partial charge >= 0.3 is 0 Å². The predicted molar refractivity (Wildman–Crippen MR) is 101 cm³/mol. The number of aromatic nitrogens is 1. The van der Waals surface area contributed by atoms with E-state index in [9.17, 15) is 14.7 Å². The Hall–Kier alpha value is -2.73. The molecular formula is C22H23NO5. The van der Waals surface area contributed by atoms with Crippen molar-refractivity contribution >= 4 is 11.6 Å². The zero-order valence-corrected chi connectivity index (χ0v) is 16.1. The van der Waals surface area contributed by atoms with Gasteiger partial charge in [-0.15, -0.1) is 0 Å². The zero-order chi connectivity index (χ0) is 20.1. The maximum atomic E-state index is 13.4. The SMILES string of the molecule is CC(C)C1c2onc(OCc3ccccc3)c2C(=O)C2(O)C(=O)C=CCC12C. The minimum absolute atomic E-state index is 0.0117. The summed E-state index contributed by atoms with van der Waals surface area (Å²) >= 11 is 0. The van der Waals surface area contributed by atoms with Crippen molar-refractivity contribution in [3.8, 4) is 5.88 Å². The van der Waals surface area contributed by atoms with Crippen molar-refractivity contribution in [3.05, 3.63) is 59.4 Å². The number of hydrogen-bond donors (Lipinski definition) is 1. The Morgan fingerprint density at radius 1 is 1.29 bits per heavy atom. The molecule has 0 radical (unpaired) electrons. The maximum Gasteiger partial charge on any atom is 0.265 e. The van der Waals surface area contributed by atoms with Crippen molar-refractivity contribution in [3.63, 3.8) is 0 Å². The molecule has 1 aromatic heterocycles. The molecule has 0 bridgehead atoms. The minimum atomic E-state index is -2.15. The van der Waals surface area contributed by atoms with Gasteiger partial charge in [-0.3, -0.25) is 9.59 Å². The van der Waals surface area contributed by atoms with E-state index in [2.05, 4.69) is 5.16 Å². The Bertz CT molecular complexity index is 961. The fraction of sp³-hybridized carbons (Fsp3) is 0.409. The Morgan fingerprint density at radius 3 is 2.68 bits per heavy atom. The number of aliphatic hydroxyl groups is 1. The van der Waals surface area contributed by atoms with Crippen molar-refractivity contribution in [2.45, 2.75) is 45.3 Å². The summed E-state index contributed by atoms with van der Waals surface area (Å²) in [6.07, 6.45) is 3.40. The lowest BCUT2D eigenvalue weighted by Gasteiger charge is -2.51. The molecule has 1 heterocycles. The number of hydrogen-bond acceptors (Lipinski definition) is 6. The summed E-state index contributed by atoms with van der Waals surface area (Å²) in [6, 6.07) is 9.46. The van der Waals surface area contributed by atoms with Crippen molar-refractivity contribution in [1.29, 1.82) is 0 Å². The number of ether oxygens (including phenoxy) is 1. The summed E-state index contributed by atoms with van der Waals surface area (Å²) in [4.78, 5) is 26.1. The van der Waals surface area contributed by atoms with Crippen LogP contribution in [0.25, 0.3) is 0 Å². The van der Waals surface area contributed by atoms with Crippen LogP contribution in [0.2, 0.25) is 0 Å². The molecule has 2 aliphatic carbocycles. The first kappa shape index (κ1) is 18.6. The van der Waals surface area contributed by atoms with Crippen LogP contribution in [0.5, 0.6) is 5.88 Å². The molecule has 0 aliphatic heterocycles. The number of carbonyl (C=O) groups excluding carboxylic acids is 2. The van der Waals surface area contributed by atoms with Gasteiger partial charge in [-0.2, -0.15) is 0 Å². The van der Waals surface area contributed by atoms with Crippen LogP contribution in [0.15, 0.2) is 47.0 Å². The summed E-state index contributed by atoms with van der Waals surface area (Å²) in [6.45, 7) is 5.92. The average Bonchev–Trinajstić information content (AvgIpc) is 3.07. The van der Waals surface area contributed by atoms with Crippen LogP contribution < -0.4 is 4.74 Å². The number of carbonyl (C=O) groups is 2. The van der Waals surface area contributed by atoms with E-state index in [0.29, 0.717) is 12.2 Å². The summed E-state index contributed by atoms with van der Waals surface area (Å²) in [5.41, 5.74) is -2.17. The fourth-order valence-electron chi connectivity index (χ4n) is 4.73. The molecule has 1 aromatic carbocycles. The summed E-state index contributed by atoms with van der Waals surface area (Å²) < 4.78 is 11.3. The molecule has 0 fully saturated rings. The van der Waals surface area contributed by atoms with Gasteiger partial charge in [-0.25, -0.2) is 0 Å². The zero-order valence-electron chi connectivity index (χ0n) is 16.1. The molecule has 6 nitrogen and oxygen atoms in total. The molecule has 0 amide bonds. The van der Waals surface area contributed by atoms with E-state index in [0.717, 1.165) is 5.56 Å². The molecule has 0 spiro atoms. The summed E-state index contributed by atoms with van der Waals surface area (Å²) in [7, 11) is 0. The van der Waals surface area contributed by atoms with E-state index in [1.54, 1.807) is 13.0 Å². The van der Waals surface area contributed by atoms with Crippen molar-refractivity contribution in [2.24, 2.45) is 11.3 Å². The van der Waals surface area contributed by atoms with E-state index in [1.807, 2.05) is 44.2 Å². The average molecular weight is 381 g/mol. The van der Waals surface area contributed by atoms with E-state index < -0.39 is 22.6 Å². The van der Waals surface area contributed by atoms with Crippen LogP contribution in [0, 0.1) is 11.3 Å². The van der Waals surface area contributed by atoms with Gasteiger partial charge in [0.15, 0.2) is 17.1 Å². The van der Waals surface area contributed by atoms with E-state index in [1.165, 1.54) is 6.08 Å². The highest BCUT2D eigenvalue weighted by Crippen LogP contribution is 2.59. The number of allylic oxidation sites excluding steroid dienone is 1. The second-order valence-electron chi connectivity index (χ2n) is 8.15. The number of rotatable bonds is 4. The predicted octanol–water partition coefficient (Wildman–Crippen LogP) is 3.46. The maximum absolute atomic E-state index is 13.4. The van der Waals surface area contributed by atoms with Gasteiger partial charge in [0.25, 0.3) is 5.88 Å². The number of fused-ring (bicyclic) bond motifs is 2. The first-order valence-corrected chi connectivity index (χ1v) is 9.45. The number of ketones is 2. The molecule has 3 atom stereocenters. The highest BCUT2D eigenvalue weighted by atomic mass is 16.5. The van der Waals surface area contributed by atoms with Crippen LogP contribution in [0.3, 0.4) is 0 Å². The minimum Gasteiger partial charge on any atom is -0.470 e. The van der Waals surface area contributed by atoms with Crippen LogP contribution in [0.4, 0.5) is 0 Å². The van der Waals surface area contributed by atoms with Gasteiger partial charge in [0.05, 0.1) is 0 Å². The third kappa shape index (κ3) is 2.41. The van der Waals surface area contributed by atoms with Gasteiger partial charge in [0.2, 0.25) is 5.78 Å². The van der Waals surface area contributed by atoms with Gasteiger partial charge in [-0.1, -0.05) is 57.2 Å². The van der Waals surface area contributed by atoms with Gasteiger partial charge in [-0.05, 0) is 29.1 Å². The number of Topliss-reactive ketones (excluding diaryl/α,β-unsaturated/α-hetero) is 1. The summed E-state index contributed by atoms with van der Waals surface area (Å²) in [5, 5.41) is 15.4. The second-order valence-corrected chi connectivity index (χ2v) is 8.15. The van der Waals surface area contributed by atoms with Crippen molar-refractivity contribution < 1.29 is 24.0 Å². The smallest absolute Gasteiger partial charge is 0.265 e. The van der Waals surface area contributed by atoms with Crippen molar-refractivity contribution in [2.75, 3.05) is 0 Å². The normalized spacial score (nSPS) is 29.0. The fourth-order valence-corrected chi connectivity index (χ4v) is 4.73. The Labute approximate surface area is 163 Å². The molecule has 28 heavy (non-hydrogen) atoms. The van der Waals surface area contributed by atoms with Crippen LogP contribution in [-0.2, 0) is 11.4 Å². The molecule has 2 aliphatic rings. The highest BCUT2D eigenvalue weighted by molar-refractivity contribution is 6.23. The topological polar surface area (TPSA) is 89.6 Å². The molecule has 146 valence electrons. The standard InChI is InChI=1S/C22H23NO5/c1-13(2)17-18-16(19(25)22(26)15(24)10-7-11-21(17,22)3)20(23-28-18)27-12-14-8-5-4-6-9-14/h4-10,13,17,26H,11-12H2,1-3H3. The molecule has 3 unspecified atom stereocenters. The first-order valence-electron chi connectivity index (χ1n) is 9.45. The monoisotopic (exact) mass is 381 g/mol. The molecule has 6 heteroatoms. The number of benzene rings is 1. The molecule has 2 aromatic rings. The molecular weight excluding hydrogens is 358 g/mol. The van der Waals surface area contributed by atoms with Crippen LogP contribution >= 0.6 is 0 Å². The largest absolute Gasteiger partial charge is 0.470 e. The van der Waals surface area contributed by atoms with E-state index in [4.69, 9.17) is 9.26 Å². The Kier molecular flexibility index (Phi) is 4.27. The molecule has 0 saturated carbocycles. The van der Waals surface area contributed by atoms with Crippen LogP contribution in [0.1, 0.15) is 54.8 Å². The lowest BCUT2D eigenvalue weighted by atomic mass is 9.51. The summed E-state index contributed by atoms with van der Waals surface area (Å²) in [5.74, 6) is -1.23. The molecule has 1 N–H and O–H groups in total. The quantitative estimate of drug-likeness (QED) is 0.816. The third-order valence-corrected chi connectivity index (χ3v) is 6.09. The third-order valence-electron chi connectivity index (χ3n) is 6.09. The Balaban J connectivity index is 1.80. The van der Waals surface area contributed by atoms with E-state index in [-0.39, 0.29) is 29.9 Å².